The van der Waals surface area contributed by atoms with Gasteiger partial charge in [-0.05, 0) is 24.6 Å². The number of benzene rings is 1. The predicted molar refractivity (Wildman–Crippen MR) is 68.8 cm³/mol. The number of rotatable bonds is 1. The molecule has 0 saturated carbocycles. The number of nitrogen functional groups attached to an aromatic ring is 1. The van der Waals surface area contributed by atoms with Crippen molar-refractivity contribution in [3.8, 4) is 22.6 Å². The molecular formula is C13H15N3O2. The molecule has 0 bridgehead atoms. The van der Waals surface area contributed by atoms with E-state index in [2.05, 4.69) is 5.10 Å². The van der Waals surface area contributed by atoms with Crippen LogP contribution >= 0.6 is 0 Å². The van der Waals surface area contributed by atoms with Gasteiger partial charge in [0, 0.05) is 18.3 Å². The highest BCUT2D eigenvalue weighted by atomic mass is 16.6. The van der Waals surface area contributed by atoms with Crippen molar-refractivity contribution in [2.45, 2.75) is 6.92 Å². The maximum absolute atomic E-state index is 5.95. The maximum Gasteiger partial charge on any atom is 0.161 e. The predicted octanol–water partition coefficient (Wildman–Crippen LogP) is 1.75. The van der Waals surface area contributed by atoms with Crippen molar-refractivity contribution < 1.29 is 9.47 Å². The number of aryl methyl sites for hydroxylation is 1. The summed E-state index contributed by atoms with van der Waals surface area (Å²) in [6.07, 6.45) is 0. The Bertz CT molecular complexity index is 605. The van der Waals surface area contributed by atoms with Crippen LogP contribution in [-0.2, 0) is 7.05 Å². The molecule has 0 unspecified atom stereocenters. The van der Waals surface area contributed by atoms with Crippen LogP contribution < -0.4 is 15.2 Å². The zero-order chi connectivity index (χ0) is 12.7. The van der Waals surface area contributed by atoms with Gasteiger partial charge in [0.2, 0.25) is 0 Å². The first kappa shape index (κ1) is 11.0. The fraction of sp³-hybridized carbons (Fsp3) is 0.308. The zero-order valence-electron chi connectivity index (χ0n) is 10.4. The Morgan fingerprint density at radius 3 is 2.61 bits per heavy atom. The Kier molecular flexibility index (Phi) is 2.40. The number of anilines is 1. The largest absolute Gasteiger partial charge is 0.486 e. The average molecular weight is 245 g/mol. The number of fused-ring (bicyclic) bond motifs is 1. The van der Waals surface area contributed by atoms with Gasteiger partial charge in [0.1, 0.15) is 13.2 Å². The molecule has 0 spiro atoms. The Balaban J connectivity index is 2.12. The molecular weight excluding hydrogens is 230 g/mol. The third kappa shape index (κ3) is 1.59. The lowest BCUT2D eigenvalue weighted by molar-refractivity contribution is 0.171. The summed E-state index contributed by atoms with van der Waals surface area (Å²) in [5, 5.41) is 4.22. The highest BCUT2D eigenvalue weighted by molar-refractivity contribution is 5.78. The first-order chi connectivity index (χ1) is 8.66. The van der Waals surface area contributed by atoms with E-state index in [4.69, 9.17) is 15.2 Å². The van der Waals surface area contributed by atoms with Crippen LogP contribution in [0.5, 0.6) is 11.5 Å². The molecule has 0 saturated heterocycles. The Hall–Kier alpha value is -2.17. The lowest BCUT2D eigenvalue weighted by Crippen LogP contribution is -2.15. The standard InChI is InChI=1S/C13H15N3O2/c1-8-12(13(14)15-16(8)2)9-3-4-10-11(7-9)18-6-5-17-10/h3-4,7H,5-6H2,1-2H3,(H2,14,15). The summed E-state index contributed by atoms with van der Waals surface area (Å²) in [7, 11) is 1.88. The summed E-state index contributed by atoms with van der Waals surface area (Å²) in [5.41, 5.74) is 8.93. The second-order valence-electron chi connectivity index (χ2n) is 4.33. The van der Waals surface area contributed by atoms with E-state index in [1.54, 1.807) is 4.68 Å². The van der Waals surface area contributed by atoms with Gasteiger partial charge >= 0.3 is 0 Å². The van der Waals surface area contributed by atoms with Gasteiger partial charge in [-0.2, -0.15) is 5.10 Å². The van der Waals surface area contributed by atoms with Crippen LogP contribution in [0.25, 0.3) is 11.1 Å². The molecule has 2 N–H and O–H groups in total. The molecule has 0 atom stereocenters. The minimum atomic E-state index is 0.534. The van der Waals surface area contributed by atoms with Gasteiger partial charge in [0.15, 0.2) is 17.3 Å². The van der Waals surface area contributed by atoms with E-state index < -0.39 is 0 Å². The quantitative estimate of drug-likeness (QED) is 0.831. The Morgan fingerprint density at radius 2 is 1.94 bits per heavy atom. The normalized spacial score (nSPS) is 13.7. The van der Waals surface area contributed by atoms with Gasteiger partial charge in [0.05, 0.1) is 0 Å². The van der Waals surface area contributed by atoms with Gasteiger partial charge in [0.25, 0.3) is 0 Å². The molecule has 5 heteroatoms. The van der Waals surface area contributed by atoms with Crippen LogP contribution in [0.1, 0.15) is 5.69 Å². The summed E-state index contributed by atoms with van der Waals surface area (Å²) < 4.78 is 12.9. The van der Waals surface area contributed by atoms with Crippen molar-refractivity contribution in [3.05, 3.63) is 23.9 Å². The van der Waals surface area contributed by atoms with E-state index in [1.807, 2.05) is 32.2 Å². The molecule has 18 heavy (non-hydrogen) atoms. The number of aromatic nitrogens is 2. The van der Waals surface area contributed by atoms with Crippen molar-refractivity contribution in [1.82, 2.24) is 9.78 Å². The lowest BCUT2D eigenvalue weighted by Gasteiger charge is -2.18. The van der Waals surface area contributed by atoms with Gasteiger partial charge in [-0.1, -0.05) is 6.07 Å². The minimum Gasteiger partial charge on any atom is -0.486 e. The van der Waals surface area contributed by atoms with E-state index in [1.165, 1.54) is 0 Å². The molecule has 0 amide bonds. The van der Waals surface area contributed by atoms with Gasteiger partial charge in [-0.3, -0.25) is 4.68 Å². The van der Waals surface area contributed by atoms with Crippen LogP contribution in [0, 0.1) is 6.92 Å². The molecule has 1 aromatic carbocycles. The maximum atomic E-state index is 5.95. The van der Waals surface area contributed by atoms with Crippen molar-refractivity contribution >= 4 is 5.82 Å². The third-order valence-corrected chi connectivity index (χ3v) is 3.19. The number of nitrogens with two attached hydrogens (primary N) is 1. The fourth-order valence-corrected chi connectivity index (χ4v) is 2.19. The fourth-order valence-electron chi connectivity index (χ4n) is 2.19. The molecule has 0 radical (unpaired) electrons. The summed E-state index contributed by atoms with van der Waals surface area (Å²) in [6.45, 7) is 3.17. The van der Waals surface area contributed by atoms with Crippen molar-refractivity contribution in [2.75, 3.05) is 18.9 Å². The van der Waals surface area contributed by atoms with Crippen LogP contribution in [0.15, 0.2) is 18.2 Å². The SMILES string of the molecule is Cc1c(-c2ccc3c(c2)OCCO3)c(N)nn1C. The molecule has 1 aliphatic rings. The molecule has 0 aliphatic carbocycles. The van der Waals surface area contributed by atoms with Crippen LogP contribution in [0.4, 0.5) is 5.82 Å². The van der Waals surface area contributed by atoms with Crippen molar-refractivity contribution in [3.63, 3.8) is 0 Å². The lowest BCUT2D eigenvalue weighted by atomic mass is 10.0. The number of nitrogens with zero attached hydrogens (tertiary/aromatic N) is 2. The highest BCUT2D eigenvalue weighted by Gasteiger charge is 2.17. The summed E-state index contributed by atoms with van der Waals surface area (Å²) in [4.78, 5) is 0. The Labute approximate surface area is 105 Å². The van der Waals surface area contributed by atoms with Crippen LogP contribution in [-0.4, -0.2) is 23.0 Å². The molecule has 94 valence electrons. The van der Waals surface area contributed by atoms with Gasteiger partial charge in [-0.25, -0.2) is 0 Å². The van der Waals surface area contributed by atoms with Crippen LogP contribution in [0.3, 0.4) is 0 Å². The van der Waals surface area contributed by atoms with E-state index in [9.17, 15) is 0 Å². The monoisotopic (exact) mass is 245 g/mol. The molecule has 2 aromatic rings. The second-order valence-corrected chi connectivity index (χ2v) is 4.33. The smallest absolute Gasteiger partial charge is 0.161 e. The summed E-state index contributed by atoms with van der Waals surface area (Å²) >= 11 is 0. The van der Waals surface area contributed by atoms with Gasteiger partial charge < -0.3 is 15.2 Å². The molecule has 1 aliphatic heterocycles. The molecule has 0 fully saturated rings. The van der Waals surface area contributed by atoms with Crippen molar-refractivity contribution in [1.29, 1.82) is 0 Å². The van der Waals surface area contributed by atoms with E-state index in [0.717, 1.165) is 28.3 Å². The molecule has 1 aromatic heterocycles. The summed E-state index contributed by atoms with van der Waals surface area (Å²) in [5.74, 6) is 2.08. The first-order valence-corrected chi connectivity index (χ1v) is 5.86. The zero-order valence-corrected chi connectivity index (χ0v) is 10.4. The minimum absolute atomic E-state index is 0.534. The van der Waals surface area contributed by atoms with E-state index in [-0.39, 0.29) is 0 Å². The van der Waals surface area contributed by atoms with Crippen molar-refractivity contribution in [2.24, 2.45) is 7.05 Å². The van der Waals surface area contributed by atoms with Gasteiger partial charge in [-0.15, -0.1) is 0 Å². The number of ether oxygens (including phenoxy) is 2. The molecule has 2 heterocycles. The van der Waals surface area contributed by atoms with Crippen LogP contribution in [0.2, 0.25) is 0 Å². The number of hydrogen-bond donors (Lipinski definition) is 1. The third-order valence-electron chi connectivity index (χ3n) is 3.19. The second kappa shape index (κ2) is 3.94. The molecule has 5 nitrogen and oxygen atoms in total. The highest BCUT2D eigenvalue weighted by Crippen LogP contribution is 2.37. The Morgan fingerprint density at radius 1 is 1.22 bits per heavy atom. The van der Waals surface area contributed by atoms with E-state index in [0.29, 0.717) is 19.0 Å². The summed E-state index contributed by atoms with van der Waals surface area (Å²) in [6, 6.07) is 5.85. The first-order valence-electron chi connectivity index (χ1n) is 5.86. The van der Waals surface area contributed by atoms with E-state index >= 15 is 0 Å². The average Bonchev–Trinajstić information content (AvgIpc) is 2.63. The number of hydrogen-bond acceptors (Lipinski definition) is 4. The topological polar surface area (TPSA) is 62.3 Å². The molecule has 3 rings (SSSR count).